The molecule has 2 aromatic carbocycles. The molecule has 0 radical (unpaired) electrons. The van der Waals surface area contributed by atoms with E-state index in [1.165, 1.54) is 6.07 Å². The average Bonchev–Trinajstić information content (AvgIpc) is 2.36. The quantitative estimate of drug-likeness (QED) is 0.850. The molecule has 0 aliphatic heterocycles. The van der Waals surface area contributed by atoms with Crippen LogP contribution in [0.5, 0.6) is 0 Å². The van der Waals surface area contributed by atoms with Crippen LogP contribution in [0.25, 0.3) is 0 Å². The maximum Gasteiger partial charge on any atom is 0.128 e. The molecule has 19 heavy (non-hydrogen) atoms. The summed E-state index contributed by atoms with van der Waals surface area (Å²) < 4.78 is 28.0. The molecule has 1 unspecified atom stereocenters. The molecule has 1 atom stereocenters. The van der Waals surface area contributed by atoms with Gasteiger partial charge in [-0.25, -0.2) is 8.78 Å². The van der Waals surface area contributed by atoms with Crippen molar-refractivity contribution in [3.8, 4) is 0 Å². The molecular formula is C14H11BrClF2N. The SMILES string of the molecule is CNC(c1cc(F)ccc1F)c1ccc(Br)cc1Cl. The van der Waals surface area contributed by atoms with Crippen molar-refractivity contribution in [2.24, 2.45) is 0 Å². The summed E-state index contributed by atoms with van der Waals surface area (Å²) in [5.41, 5.74) is 0.920. The highest BCUT2D eigenvalue weighted by Gasteiger charge is 2.19. The molecule has 0 heterocycles. The number of halogens is 4. The Morgan fingerprint density at radius 3 is 2.47 bits per heavy atom. The lowest BCUT2D eigenvalue weighted by molar-refractivity contribution is 0.558. The van der Waals surface area contributed by atoms with Gasteiger partial charge in [0.05, 0.1) is 6.04 Å². The molecule has 0 aliphatic rings. The highest BCUT2D eigenvalue weighted by atomic mass is 79.9. The number of nitrogens with one attached hydrogen (secondary N) is 1. The fraction of sp³-hybridized carbons (Fsp3) is 0.143. The van der Waals surface area contributed by atoms with Crippen molar-refractivity contribution in [3.63, 3.8) is 0 Å². The van der Waals surface area contributed by atoms with Crippen molar-refractivity contribution >= 4 is 27.5 Å². The van der Waals surface area contributed by atoms with Crippen LogP contribution < -0.4 is 5.32 Å². The summed E-state index contributed by atoms with van der Waals surface area (Å²) in [5, 5.41) is 3.44. The summed E-state index contributed by atoms with van der Waals surface area (Å²) in [5.74, 6) is -0.954. The van der Waals surface area contributed by atoms with E-state index in [1.54, 1.807) is 19.2 Å². The van der Waals surface area contributed by atoms with E-state index in [0.29, 0.717) is 10.6 Å². The smallest absolute Gasteiger partial charge is 0.128 e. The summed E-state index contributed by atoms with van der Waals surface area (Å²) >= 11 is 9.47. The molecule has 2 aromatic rings. The van der Waals surface area contributed by atoms with E-state index >= 15 is 0 Å². The lowest BCUT2D eigenvalue weighted by Crippen LogP contribution is -2.19. The Morgan fingerprint density at radius 2 is 1.84 bits per heavy atom. The summed E-state index contributed by atoms with van der Waals surface area (Å²) in [6, 6.07) is 8.18. The minimum Gasteiger partial charge on any atom is -0.309 e. The molecule has 0 aliphatic carbocycles. The van der Waals surface area contributed by atoms with Crippen LogP contribution in [-0.4, -0.2) is 7.05 Å². The van der Waals surface area contributed by atoms with Crippen LogP contribution in [0.2, 0.25) is 5.02 Å². The third-order valence-corrected chi connectivity index (χ3v) is 3.65. The highest BCUT2D eigenvalue weighted by Crippen LogP contribution is 2.31. The maximum absolute atomic E-state index is 13.8. The Bertz CT molecular complexity index is 604. The molecule has 0 spiro atoms. The molecule has 100 valence electrons. The minimum atomic E-state index is -0.503. The summed E-state index contributed by atoms with van der Waals surface area (Å²) in [4.78, 5) is 0. The fourth-order valence-corrected chi connectivity index (χ4v) is 2.73. The van der Waals surface area contributed by atoms with Gasteiger partial charge >= 0.3 is 0 Å². The van der Waals surface area contributed by atoms with E-state index in [9.17, 15) is 8.78 Å². The summed E-state index contributed by atoms with van der Waals surface area (Å²) in [6.07, 6.45) is 0. The van der Waals surface area contributed by atoms with Gasteiger partial charge in [-0.1, -0.05) is 33.6 Å². The molecular weight excluding hydrogens is 336 g/mol. The minimum absolute atomic E-state index is 0.228. The van der Waals surface area contributed by atoms with Crippen molar-refractivity contribution in [1.82, 2.24) is 5.32 Å². The van der Waals surface area contributed by atoms with E-state index in [-0.39, 0.29) is 5.56 Å². The second-order valence-corrected chi connectivity index (χ2v) is 5.38. The van der Waals surface area contributed by atoms with E-state index < -0.39 is 17.7 Å². The zero-order valence-corrected chi connectivity index (χ0v) is 12.4. The zero-order chi connectivity index (χ0) is 14.0. The average molecular weight is 347 g/mol. The van der Waals surface area contributed by atoms with E-state index in [4.69, 9.17) is 11.6 Å². The van der Waals surface area contributed by atoms with Crippen LogP contribution >= 0.6 is 27.5 Å². The first-order valence-electron chi connectivity index (χ1n) is 5.60. The van der Waals surface area contributed by atoms with E-state index in [0.717, 1.165) is 16.6 Å². The van der Waals surface area contributed by atoms with Gasteiger partial charge in [-0.2, -0.15) is 0 Å². The maximum atomic E-state index is 13.8. The van der Waals surface area contributed by atoms with Gasteiger partial charge in [0.1, 0.15) is 11.6 Å². The van der Waals surface area contributed by atoms with Gasteiger partial charge < -0.3 is 5.32 Å². The molecule has 2 rings (SSSR count). The van der Waals surface area contributed by atoms with Crippen molar-refractivity contribution < 1.29 is 8.78 Å². The molecule has 0 aromatic heterocycles. The van der Waals surface area contributed by atoms with Crippen LogP contribution in [0, 0.1) is 11.6 Å². The predicted octanol–water partition coefficient (Wildman–Crippen LogP) is 4.69. The topological polar surface area (TPSA) is 12.0 Å². The van der Waals surface area contributed by atoms with Crippen LogP contribution in [0.3, 0.4) is 0 Å². The largest absolute Gasteiger partial charge is 0.309 e. The van der Waals surface area contributed by atoms with Gasteiger partial charge in [0, 0.05) is 15.1 Å². The Labute approximate surface area is 123 Å². The van der Waals surface area contributed by atoms with Gasteiger partial charge in [0.2, 0.25) is 0 Å². The molecule has 0 saturated carbocycles. The summed E-state index contributed by atoms with van der Waals surface area (Å²) in [6.45, 7) is 0. The molecule has 0 amide bonds. The number of rotatable bonds is 3. The van der Waals surface area contributed by atoms with Gasteiger partial charge in [-0.3, -0.25) is 0 Å². The molecule has 1 nitrogen and oxygen atoms in total. The Balaban J connectivity index is 2.52. The fourth-order valence-electron chi connectivity index (χ4n) is 1.95. The first kappa shape index (κ1) is 14.4. The van der Waals surface area contributed by atoms with Crippen molar-refractivity contribution in [2.45, 2.75) is 6.04 Å². The lowest BCUT2D eigenvalue weighted by Gasteiger charge is -2.19. The highest BCUT2D eigenvalue weighted by molar-refractivity contribution is 9.10. The van der Waals surface area contributed by atoms with Gasteiger partial charge in [0.25, 0.3) is 0 Å². The Hall–Kier alpha value is -0.970. The van der Waals surface area contributed by atoms with Crippen LogP contribution in [0.1, 0.15) is 17.2 Å². The number of hydrogen-bond acceptors (Lipinski definition) is 1. The first-order chi connectivity index (χ1) is 9.02. The number of benzene rings is 2. The van der Waals surface area contributed by atoms with Crippen molar-refractivity contribution in [1.29, 1.82) is 0 Å². The molecule has 5 heteroatoms. The molecule has 1 N–H and O–H groups in total. The Kier molecular flexibility index (Phi) is 4.55. The number of hydrogen-bond donors (Lipinski definition) is 1. The predicted molar refractivity (Wildman–Crippen MR) is 76.4 cm³/mol. The second-order valence-electron chi connectivity index (χ2n) is 4.05. The second kappa shape index (κ2) is 5.99. The van der Waals surface area contributed by atoms with E-state index in [1.807, 2.05) is 6.07 Å². The third kappa shape index (κ3) is 3.14. The monoisotopic (exact) mass is 345 g/mol. The van der Waals surface area contributed by atoms with Gasteiger partial charge in [-0.05, 0) is 42.9 Å². The summed E-state index contributed by atoms with van der Waals surface area (Å²) in [7, 11) is 1.67. The molecule has 0 saturated heterocycles. The van der Waals surface area contributed by atoms with Crippen LogP contribution in [0.4, 0.5) is 8.78 Å². The van der Waals surface area contributed by atoms with Gasteiger partial charge in [0.15, 0.2) is 0 Å². The Morgan fingerprint density at radius 1 is 1.11 bits per heavy atom. The van der Waals surface area contributed by atoms with E-state index in [2.05, 4.69) is 21.2 Å². The normalized spacial score (nSPS) is 12.5. The lowest BCUT2D eigenvalue weighted by atomic mass is 9.98. The van der Waals surface area contributed by atoms with Gasteiger partial charge in [-0.15, -0.1) is 0 Å². The standard InChI is InChI=1S/C14H11BrClF2N/c1-19-14(10-4-2-8(15)6-12(10)16)11-7-9(17)3-5-13(11)18/h2-7,14,19H,1H3. The first-order valence-corrected chi connectivity index (χ1v) is 6.77. The zero-order valence-electron chi connectivity index (χ0n) is 10.1. The molecule has 0 bridgehead atoms. The van der Waals surface area contributed by atoms with Crippen molar-refractivity contribution in [3.05, 3.63) is 68.7 Å². The van der Waals surface area contributed by atoms with Crippen LogP contribution in [-0.2, 0) is 0 Å². The molecule has 0 fully saturated rings. The van der Waals surface area contributed by atoms with Crippen LogP contribution in [0.15, 0.2) is 40.9 Å². The van der Waals surface area contributed by atoms with Crippen molar-refractivity contribution in [2.75, 3.05) is 7.05 Å². The third-order valence-electron chi connectivity index (χ3n) is 2.83.